The number of aliphatic hydroxyl groups is 1. The second kappa shape index (κ2) is 7.46. The molecular weight excluding hydrogens is 340 g/mol. The first-order valence-electron chi connectivity index (χ1n) is 9.22. The minimum atomic E-state index is 0.0289. The summed E-state index contributed by atoms with van der Waals surface area (Å²) in [6, 6.07) is 11.9. The average Bonchev–Trinajstić information content (AvgIpc) is 2.69. The number of aromatic nitrogens is 3. The molecule has 1 aliphatic heterocycles. The highest BCUT2D eigenvalue weighted by Crippen LogP contribution is 2.24. The fourth-order valence-corrected chi connectivity index (χ4v) is 3.37. The van der Waals surface area contributed by atoms with Crippen LogP contribution in [0.2, 0.25) is 0 Å². The van der Waals surface area contributed by atoms with Gasteiger partial charge in [0.1, 0.15) is 5.82 Å². The zero-order valence-electron chi connectivity index (χ0n) is 15.4. The Bertz CT molecular complexity index is 935. The molecule has 140 valence electrons. The summed E-state index contributed by atoms with van der Waals surface area (Å²) in [5.74, 6) is 0.972. The van der Waals surface area contributed by atoms with E-state index in [2.05, 4.69) is 32.2 Å². The molecule has 7 heteroatoms. The van der Waals surface area contributed by atoms with E-state index in [9.17, 15) is 5.11 Å². The van der Waals surface area contributed by atoms with Crippen molar-refractivity contribution in [2.45, 2.75) is 25.5 Å². The summed E-state index contributed by atoms with van der Waals surface area (Å²) in [5.41, 5.74) is 9.38. The van der Waals surface area contributed by atoms with Gasteiger partial charge >= 0.3 is 0 Å². The summed E-state index contributed by atoms with van der Waals surface area (Å²) in [4.78, 5) is 16.0. The third-order valence-electron chi connectivity index (χ3n) is 5.07. The lowest BCUT2D eigenvalue weighted by Gasteiger charge is -2.29. The molecule has 3 aromatic rings. The van der Waals surface area contributed by atoms with Gasteiger partial charge in [0.05, 0.1) is 17.7 Å². The minimum Gasteiger partial charge on any atom is -0.392 e. The second-order valence-electron chi connectivity index (χ2n) is 7.08. The lowest BCUT2D eigenvalue weighted by atomic mass is 10.1. The monoisotopic (exact) mass is 364 g/mol. The number of nitrogens with zero attached hydrogens (tertiary/aromatic N) is 4. The molecule has 3 heterocycles. The van der Waals surface area contributed by atoms with E-state index in [1.165, 1.54) is 0 Å². The highest BCUT2D eigenvalue weighted by atomic mass is 16.3. The molecule has 1 fully saturated rings. The molecule has 27 heavy (non-hydrogen) atoms. The number of piperidine rings is 1. The molecule has 0 aliphatic carbocycles. The molecular formula is C20H24N6O. The molecule has 2 aromatic heterocycles. The maximum atomic E-state index is 9.19. The van der Waals surface area contributed by atoms with Crippen LogP contribution in [0.4, 0.5) is 11.8 Å². The SMILES string of the molecule is CN1CCC(Nc2nc(N)c3ccc(-c4ccc(CO)cc4)nc3n2)CC1. The largest absolute Gasteiger partial charge is 0.392 e. The quantitative estimate of drug-likeness (QED) is 0.653. The van der Waals surface area contributed by atoms with Crippen LogP contribution in [0.15, 0.2) is 36.4 Å². The number of nitrogen functional groups attached to an aromatic ring is 1. The van der Waals surface area contributed by atoms with Gasteiger partial charge in [-0.15, -0.1) is 0 Å². The van der Waals surface area contributed by atoms with Crippen LogP contribution in [-0.2, 0) is 6.61 Å². The zero-order valence-corrected chi connectivity index (χ0v) is 15.4. The summed E-state index contributed by atoms with van der Waals surface area (Å²) in [7, 11) is 2.14. The maximum Gasteiger partial charge on any atom is 0.226 e. The summed E-state index contributed by atoms with van der Waals surface area (Å²) in [5, 5.41) is 13.4. The Kier molecular flexibility index (Phi) is 4.87. The Balaban J connectivity index is 1.63. The second-order valence-corrected chi connectivity index (χ2v) is 7.08. The van der Waals surface area contributed by atoms with Gasteiger partial charge in [-0.3, -0.25) is 0 Å². The van der Waals surface area contributed by atoms with Crippen molar-refractivity contribution in [2.75, 3.05) is 31.2 Å². The van der Waals surface area contributed by atoms with E-state index in [1.54, 1.807) is 0 Å². The number of aliphatic hydroxyl groups excluding tert-OH is 1. The Morgan fingerprint density at radius 1 is 1.07 bits per heavy atom. The number of benzene rings is 1. The van der Waals surface area contributed by atoms with Crippen LogP contribution in [0.3, 0.4) is 0 Å². The van der Waals surface area contributed by atoms with Crippen LogP contribution in [0.1, 0.15) is 18.4 Å². The van der Waals surface area contributed by atoms with Crippen molar-refractivity contribution in [2.24, 2.45) is 0 Å². The van der Waals surface area contributed by atoms with Gasteiger partial charge < -0.3 is 21.1 Å². The van der Waals surface area contributed by atoms with Gasteiger partial charge in [0.2, 0.25) is 5.95 Å². The molecule has 0 saturated carbocycles. The molecule has 4 N–H and O–H groups in total. The molecule has 0 radical (unpaired) electrons. The van der Waals surface area contributed by atoms with Gasteiger partial charge in [0, 0.05) is 11.6 Å². The maximum absolute atomic E-state index is 9.19. The predicted octanol–water partition coefficient (Wildman–Crippen LogP) is 2.27. The smallest absolute Gasteiger partial charge is 0.226 e. The molecule has 1 saturated heterocycles. The number of fused-ring (bicyclic) bond motifs is 1. The number of pyridine rings is 1. The van der Waals surface area contributed by atoms with Gasteiger partial charge in [-0.2, -0.15) is 9.97 Å². The third kappa shape index (κ3) is 3.84. The van der Waals surface area contributed by atoms with Crippen molar-refractivity contribution in [3.63, 3.8) is 0 Å². The van der Waals surface area contributed by atoms with Crippen LogP contribution in [-0.4, -0.2) is 51.1 Å². The summed E-state index contributed by atoms with van der Waals surface area (Å²) in [6.07, 6.45) is 2.12. The van der Waals surface area contributed by atoms with Gasteiger partial charge in [-0.05, 0) is 50.7 Å². The molecule has 1 aromatic carbocycles. The van der Waals surface area contributed by atoms with Crippen molar-refractivity contribution in [3.8, 4) is 11.3 Å². The molecule has 1 aliphatic rings. The van der Waals surface area contributed by atoms with E-state index in [-0.39, 0.29) is 6.61 Å². The van der Waals surface area contributed by atoms with Gasteiger partial charge in [0.15, 0.2) is 5.65 Å². The van der Waals surface area contributed by atoms with Crippen LogP contribution < -0.4 is 11.1 Å². The molecule has 0 amide bonds. The number of hydrogen-bond acceptors (Lipinski definition) is 7. The van der Waals surface area contributed by atoms with E-state index >= 15 is 0 Å². The molecule has 4 rings (SSSR count). The van der Waals surface area contributed by atoms with E-state index in [0.717, 1.165) is 48.1 Å². The number of anilines is 2. The normalized spacial score (nSPS) is 15.9. The average molecular weight is 364 g/mol. The molecule has 0 unspecified atom stereocenters. The first-order chi connectivity index (χ1) is 13.1. The van der Waals surface area contributed by atoms with Crippen molar-refractivity contribution < 1.29 is 5.11 Å². The fourth-order valence-electron chi connectivity index (χ4n) is 3.37. The summed E-state index contributed by atoms with van der Waals surface area (Å²) < 4.78 is 0. The molecule has 0 bridgehead atoms. The van der Waals surface area contributed by atoms with E-state index in [0.29, 0.717) is 23.5 Å². The van der Waals surface area contributed by atoms with E-state index in [1.807, 2.05) is 36.4 Å². The number of rotatable bonds is 4. The van der Waals surface area contributed by atoms with Crippen molar-refractivity contribution in [1.82, 2.24) is 19.9 Å². The minimum absolute atomic E-state index is 0.0289. The Morgan fingerprint density at radius 3 is 2.52 bits per heavy atom. The van der Waals surface area contributed by atoms with Crippen LogP contribution in [0.25, 0.3) is 22.3 Å². The number of nitrogens with one attached hydrogen (secondary N) is 1. The predicted molar refractivity (Wildman–Crippen MR) is 107 cm³/mol. The van der Waals surface area contributed by atoms with Crippen LogP contribution in [0, 0.1) is 0 Å². The first kappa shape index (κ1) is 17.6. The Hall–Kier alpha value is -2.77. The number of hydrogen-bond donors (Lipinski definition) is 3. The molecule has 0 spiro atoms. The summed E-state index contributed by atoms with van der Waals surface area (Å²) in [6.45, 7) is 2.15. The Labute approximate surface area is 158 Å². The highest BCUT2D eigenvalue weighted by molar-refractivity contribution is 5.88. The number of likely N-dealkylation sites (tertiary alicyclic amines) is 1. The molecule has 0 atom stereocenters. The topological polar surface area (TPSA) is 100 Å². The van der Waals surface area contributed by atoms with Crippen molar-refractivity contribution >= 4 is 22.8 Å². The lowest BCUT2D eigenvalue weighted by Crippen LogP contribution is -2.37. The Morgan fingerprint density at radius 2 is 1.81 bits per heavy atom. The van der Waals surface area contributed by atoms with Gasteiger partial charge in [0.25, 0.3) is 0 Å². The van der Waals surface area contributed by atoms with Gasteiger partial charge in [-0.1, -0.05) is 24.3 Å². The lowest BCUT2D eigenvalue weighted by molar-refractivity contribution is 0.263. The fraction of sp³-hybridized carbons (Fsp3) is 0.350. The third-order valence-corrected chi connectivity index (χ3v) is 5.07. The van der Waals surface area contributed by atoms with Crippen molar-refractivity contribution in [3.05, 3.63) is 42.0 Å². The first-order valence-corrected chi connectivity index (χ1v) is 9.22. The van der Waals surface area contributed by atoms with Gasteiger partial charge in [-0.25, -0.2) is 4.98 Å². The van der Waals surface area contributed by atoms with E-state index in [4.69, 9.17) is 5.73 Å². The van der Waals surface area contributed by atoms with E-state index < -0.39 is 0 Å². The standard InChI is InChI=1S/C20H24N6O/c1-26-10-8-15(9-11-26)22-20-24-18(21)16-6-7-17(23-19(16)25-20)14-4-2-13(12-27)3-5-14/h2-7,15,27H,8-12H2,1H3,(H3,21,22,23,24,25). The van der Waals surface area contributed by atoms with Crippen LogP contribution >= 0.6 is 0 Å². The molecule has 7 nitrogen and oxygen atoms in total. The zero-order chi connectivity index (χ0) is 18.8. The van der Waals surface area contributed by atoms with Crippen LogP contribution in [0.5, 0.6) is 0 Å². The number of nitrogens with two attached hydrogens (primary N) is 1. The summed E-state index contributed by atoms with van der Waals surface area (Å²) >= 11 is 0. The van der Waals surface area contributed by atoms with Crippen molar-refractivity contribution in [1.29, 1.82) is 0 Å². The highest BCUT2D eigenvalue weighted by Gasteiger charge is 2.18.